The van der Waals surface area contributed by atoms with Crippen molar-refractivity contribution in [2.75, 3.05) is 11.1 Å². The Morgan fingerprint density at radius 3 is 2.64 bits per heavy atom. The van der Waals surface area contributed by atoms with Gasteiger partial charge in [0.05, 0.1) is 5.75 Å². The molecule has 1 aromatic heterocycles. The van der Waals surface area contributed by atoms with Crippen LogP contribution in [0.2, 0.25) is 0 Å². The number of aromatic nitrogens is 2. The molecular weight excluding hydrogens is 373 g/mol. The summed E-state index contributed by atoms with van der Waals surface area (Å²) in [6.07, 6.45) is 0.854. The normalized spacial score (nSPS) is 10.7. The second-order valence-electron chi connectivity index (χ2n) is 6.48. The molecule has 4 nitrogen and oxygen atoms in total. The van der Waals surface area contributed by atoms with Gasteiger partial charge < -0.3 is 5.32 Å². The van der Waals surface area contributed by atoms with Crippen LogP contribution in [0.5, 0.6) is 0 Å². The predicted octanol–water partition coefficient (Wildman–Crippen LogP) is 5.19. The van der Waals surface area contributed by atoms with E-state index in [2.05, 4.69) is 22.2 Å². The molecular formula is C22H22FN3OS. The number of halogens is 1. The van der Waals surface area contributed by atoms with E-state index in [1.165, 1.54) is 23.9 Å². The van der Waals surface area contributed by atoms with Gasteiger partial charge in [-0.1, -0.05) is 49.0 Å². The van der Waals surface area contributed by atoms with Crippen molar-refractivity contribution in [2.45, 2.75) is 32.2 Å². The first-order valence-corrected chi connectivity index (χ1v) is 10.1. The van der Waals surface area contributed by atoms with Crippen molar-refractivity contribution in [1.82, 2.24) is 9.97 Å². The number of amides is 1. The molecule has 0 bridgehead atoms. The summed E-state index contributed by atoms with van der Waals surface area (Å²) in [5, 5.41) is 3.70. The number of rotatable bonds is 6. The van der Waals surface area contributed by atoms with Crippen LogP contribution in [-0.2, 0) is 11.2 Å². The second-order valence-corrected chi connectivity index (χ2v) is 7.48. The number of hydrogen-bond acceptors (Lipinski definition) is 4. The van der Waals surface area contributed by atoms with Gasteiger partial charge in [0.25, 0.3) is 0 Å². The van der Waals surface area contributed by atoms with Gasteiger partial charge in [-0.05, 0) is 49.6 Å². The first-order valence-electron chi connectivity index (χ1n) is 9.09. The van der Waals surface area contributed by atoms with E-state index < -0.39 is 0 Å². The molecule has 0 radical (unpaired) electrons. The van der Waals surface area contributed by atoms with Gasteiger partial charge in [-0.15, -0.1) is 0 Å². The Balaban J connectivity index is 1.72. The van der Waals surface area contributed by atoms with E-state index in [4.69, 9.17) is 0 Å². The summed E-state index contributed by atoms with van der Waals surface area (Å²) in [6.45, 7) is 5.91. The molecule has 0 fully saturated rings. The second kappa shape index (κ2) is 8.97. The fourth-order valence-corrected chi connectivity index (χ4v) is 3.64. The maximum absolute atomic E-state index is 13.5. The molecule has 1 heterocycles. The van der Waals surface area contributed by atoms with Crippen LogP contribution in [0.4, 0.5) is 10.1 Å². The molecule has 144 valence electrons. The van der Waals surface area contributed by atoms with Crippen LogP contribution in [-0.4, -0.2) is 21.6 Å². The molecule has 3 rings (SSSR count). The Hall–Kier alpha value is -2.73. The Morgan fingerprint density at radius 2 is 1.89 bits per heavy atom. The minimum absolute atomic E-state index is 0.0856. The van der Waals surface area contributed by atoms with Crippen molar-refractivity contribution in [1.29, 1.82) is 0 Å². The van der Waals surface area contributed by atoms with Gasteiger partial charge in [-0.2, -0.15) is 0 Å². The average Bonchev–Trinajstić information content (AvgIpc) is 2.67. The number of hydrogen-bond donors (Lipinski definition) is 1. The van der Waals surface area contributed by atoms with Crippen LogP contribution in [0, 0.1) is 19.7 Å². The highest BCUT2D eigenvalue weighted by atomic mass is 32.2. The van der Waals surface area contributed by atoms with Crippen LogP contribution in [0.3, 0.4) is 0 Å². The highest BCUT2D eigenvalue weighted by Crippen LogP contribution is 2.24. The third-order valence-corrected chi connectivity index (χ3v) is 5.18. The van der Waals surface area contributed by atoms with Gasteiger partial charge in [0.15, 0.2) is 5.82 Å². The molecule has 28 heavy (non-hydrogen) atoms. The third kappa shape index (κ3) is 4.95. The van der Waals surface area contributed by atoms with E-state index in [1.807, 2.05) is 38.1 Å². The van der Waals surface area contributed by atoms with Gasteiger partial charge in [-0.3, -0.25) is 4.79 Å². The number of carbonyl (C=O) groups is 1. The first kappa shape index (κ1) is 20.0. The van der Waals surface area contributed by atoms with E-state index in [0.29, 0.717) is 16.4 Å². The van der Waals surface area contributed by atoms with Crippen LogP contribution in [0.25, 0.3) is 11.4 Å². The van der Waals surface area contributed by atoms with Crippen molar-refractivity contribution in [2.24, 2.45) is 0 Å². The number of nitrogens with one attached hydrogen (secondary N) is 1. The summed E-state index contributed by atoms with van der Waals surface area (Å²) in [5.74, 6) is 0.268. The lowest BCUT2D eigenvalue weighted by atomic mass is 10.1. The first-order chi connectivity index (χ1) is 13.5. The molecule has 3 aromatic rings. The molecule has 0 saturated heterocycles. The zero-order valence-corrected chi connectivity index (χ0v) is 16.9. The summed E-state index contributed by atoms with van der Waals surface area (Å²) >= 11 is 1.34. The lowest BCUT2D eigenvalue weighted by molar-refractivity contribution is -0.113. The quantitative estimate of drug-likeness (QED) is 0.461. The maximum Gasteiger partial charge on any atom is 0.234 e. The van der Waals surface area contributed by atoms with Crippen LogP contribution in [0.1, 0.15) is 23.7 Å². The summed E-state index contributed by atoms with van der Waals surface area (Å²) in [4.78, 5) is 21.3. The Kier molecular flexibility index (Phi) is 6.41. The molecule has 1 N–H and O–H groups in total. The van der Waals surface area contributed by atoms with Crippen molar-refractivity contribution in [3.63, 3.8) is 0 Å². The zero-order chi connectivity index (χ0) is 20.1. The number of carbonyl (C=O) groups excluding carboxylic acids is 1. The molecule has 1 amide bonds. The van der Waals surface area contributed by atoms with Crippen molar-refractivity contribution in [3.8, 4) is 11.4 Å². The number of thioether (sulfide) groups is 1. The Bertz CT molecular complexity index is 1010. The highest BCUT2D eigenvalue weighted by molar-refractivity contribution is 7.99. The van der Waals surface area contributed by atoms with Gasteiger partial charge in [0.2, 0.25) is 5.91 Å². The number of nitrogens with zero attached hydrogens (tertiary/aromatic N) is 2. The topological polar surface area (TPSA) is 54.9 Å². The Morgan fingerprint density at radius 1 is 1.11 bits per heavy atom. The summed E-state index contributed by atoms with van der Waals surface area (Å²) in [7, 11) is 0. The van der Waals surface area contributed by atoms with Gasteiger partial charge in [0, 0.05) is 16.9 Å². The molecule has 6 heteroatoms. The number of benzene rings is 2. The SMILES string of the molecule is CCc1cccc(C)c1NC(=O)CSc1cc(C)nc(-c2cccc(F)c2)n1. The van der Waals surface area contributed by atoms with E-state index in [1.54, 1.807) is 12.1 Å². The van der Waals surface area contributed by atoms with Gasteiger partial charge in [-0.25, -0.2) is 14.4 Å². The van der Waals surface area contributed by atoms with Crippen molar-refractivity contribution in [3.05, 3.63) is 71.2 Å². The largest absolute Gasteiger partial charge is 0.325 e. The lowest BCUT2D eigenvalue weighted by Gasteiger charge is -2.13. The van der Waals surface area contributed by atoms with Crippen LogP contribution in [0.15, 0.2) is 53.6 Å². The van der Waals surface area contributed by atoms with Gasteiger partial charge in [0.1, 0.15) is 10.8 Å². The van der Waals surface area contributed by atoms with Gasteiger partial charge >= 0.3 is 0 Å². The monoisotopic (exact) mass is 395 g/mol. The predicted molar refractivity (Wildman–Crippen MR) is 112 cm³/mol. The van der Waals surface area contributed by atoms with Crippen molar-refractivity contribution >= 4 is 23.4 Å². The van der Waals surface area contributed by atoms with E-state index in [9.17, 15) is 9.18 Å². The number of anilines is 1. The summed E-state index contributed by atoms with van der Waals surface area (Å²) in [5.41, 5.74) is 4.43. The standard InChI is InChI=1S/C22H22FN3OS/c1-4-16-8-5-7-14(2)21(16)25-19(27)13-28-20-11-15(3)24-22(26-20)17-9-6-10-18(23)12-17/h5-12H,4,13H2,1-3H3,(H,25,27). The molecule has 0 unspecified atom stereocenters. The molecule has 0 saturated carbocycles. The molecule has 0 spiro atoms. The molecule has 2 aromatic carbocycles. The number of para-hydroxylation sites is 1. The third-order valence-electron chi connectivity index (χ3n) is 4.27. The molecule has 0 atom stereocenters. The summed E-state index contributed by atoms with van der Waals surface area (Å²) in [6, 6.07) is 14.0. The molecule has 0 aliphatic rings. The minimum Gasteiger partial charge on any atom is -0.325 e. The molecule has 0 aliphatic carbocycles. The fraction of sp³-hybridized carbons (Fsp3) is 0.227. The highest BCUT2D eigenvalue weighted by Gasteiger charge is 2.11. The Labute approximate surface area is 168 Å². The van der Waals surface area contributed by atoms with E-state index >= 15 is 0 Å². The summed E-state index contributed by atoms with van der Waals surface area (Å²) < 4.78 is 13.5. The zero-order valence-electron chi connectivity index (χ0n) is 16.1. The van der Waals surface area contributed by atoms with E-state index in [0.717, 1.165) is 28.9 Å². The molecule has 0 aliphatic heterocycles. The van der Waals surface area contributed by atoms with Crippen LogP contribution >= 0.6 is 11.8 Å². The smallest absolute Gasteiger partial charge is 0.234 e. The number of aryl methyl sites for hydroxylation is 3. The maximum atomic E-state index is 13.5. The minimum atomic E-state index is -0.332. The lowest BCUT2D eigenvalue weighted by Crippen LogP contribution is -2.16. The average molecular weight is 396 g/mol. The van der Waals surface area contributed by atoms with E-state index in [-0.39, 0.29) is 17.5 Å². The fourth-order valence-electron chi connectivity index (χ4n) is 2.89. The van der Waals surface area contributed by atoms with Crippen molar-refractivity contribution < 1.29 is 9.18 Å². The van der Waals surface area contributed by atoms with Crippen LogP contribution < -0.4 is 5.32 Å².